The zero-order chi connectivity index (χ0) is 17.3. The number of nitrogens with zero attached hydrogens (tertiary/aromatic N) is 4. The highest BCUT2D eigenvalue weighted by atomic mass is 35.5. The lowest BCUT2D eigenvalue weighted by Crippen LogP contribution is -2.24. The summed E-state index contributed by atoms with van der Waals surface area (Å²) in [4.78, 5) is 4.29. The van der Waals surface area contributed by atoms with Crippen molar-refractivity contribution in [2.24, 2.45) is 0 Å². The topological polar surface area (TPSA) is 82.8 Å². The molecule has 8 heteroatoms. The maximum atomic E-state index is 6.07. The normalized spacial score (nSPS) is 11.8. The zero-order valence-corrected chi connectivity index (χ0v) is 15.2. The van der Waals surface area contributed by atoms with E-state index in [2.05, 4.69) is 15.2 Å². The van der Waals surface area contributed by atoms with Crippen molar-refractivity contribution in [3.63, 3.8) is 0 Å². The first-order chi connectivity index (χ1) is 11.3. The third kappa shape index (κ3) is 3.57. The number of benzene rings is 1. The maximum absolute atomic E-state index is 6.07. The number of hydrogen-bond acceptors (Lipinski definition) is 6. The summed E-state index contributed by atoms with van der Waals surface area (Å²) in [5.41, 5.74) is 0.728. The molecule has 0 amide bonds. The van der Waals surface area contributed by atoms with E-state index in [-0.39, 0.29) is 5.41 Å². The van der Waals surface area contributed by atoms with Crippen LogP contribution in [-0.2, 0) is 11.2 Å². The lowest BCUT2D eigenvalue weighted by Gasteiger charge is -2.16. The molecule has 126 valence electrons. The zero-order valence-electron chi connectivity index (χ0n) is 13.7. The van der Waals surface area contributed by atoms with Crippen LogP contribution in [0.4, 0.5) is 0 Å². The van der Waals surface area contributed by atoms with Gasteiger partial charge in [0.25, 0.3) is 0 Å². The molecule has 1 aromatic carbocycles. The van der Waals surface area contributed by atoms with Gasteiger partial charge in [0.05, 0.1) is 11.9 Å². The fraction of sp³-hybridized carbons (Fsp3) is 0.312. The Morgan fingerprint density at radius 2 is 2.08 bits per heavy atom. The lowest BCUT2D eigenvalue weighted by atomic mass is 9.96. The van der Waals surface area contributed by atoms with Crippen LogP contribution in [-0.4, -0.2) is 19.9 Å². The molecule has 0 aliphatic carbocycles. The summed E-state index contributed by atoms with van der Waals surface area (Å²) in [6.45, 7) is 6.13. The first-order valence-electron chi connectivity index (χ1n) is 7.39. The van der Waals surface area contributed by atoms with E-state index in [4.69, 9.17) is 21.9 Å². The van der Waals surface area contributed by atoms with Crippen LogP contribution >= 0.6 is 23.4 Å². The second-order valence-corrected chi connectivity index (χ2v) is 7.72. The number of rotatable bonds is 4. The Kier molecular flexibility index (Phi) is 4.56. The number of nitrogens with two attached hydrogens (primary N) is 1. The third-order valence-electron chi connectivity index (χ3n) is 3.32. The molecule has 0 fully saturated rings. The molecule has 24 heavy (non-hydrogen) atoms. The molecule has 0 aliphatic rings. The molecule has 0 saturated carbocycles. The van der Waals surface area contributed by atoms with Crippen LogP contribution in [0, 0.1) is 0 Å². The minimum atomic E-state index is -0.163. The molecule has 2 N–H and O–H groups in total. The van der Waals surface area contributed by atoms with E-state index in [1.807, 2.05) is 45.0 Å². The Morgan fingerprint density at radius 1 is 1.29 bits per heavy atom. The summed E-state index contributed by atoms with van der Waals surface area (Å²) in [6, 6.07) is 7.46. The van der Waals surface area contributed by atoms with Gasteiger partial charge in [0.2, 0.25) is 11.0 Å². The average molecular weight is 364 g/mol. The van der Waals surface area contributed by atoms with Gasteiger partial charge < -0.3 is 10.3 Å². The fourth-order valence-electron chi connectivity index (χ4n) is 2.17. The van der Waals surface area contributed by atoms with Gasteiger partial charge in [0.15, 0.2) is 11.6 Å². The van der Waals surface area contributed by atoms with Gasteiger partial charge in [-0.1, -0.05) is 56.3 Å². The van der Waals surface area contributed by atoms with Crippen LogP contribution in [0.3, 0.4) is 0 Å². The monoisotopic (exact) mass is 363 g/mol. The molecule has 0 atom stereocenters. The van der Waals surface area contributed by atoms with Gasteiger partial charge in [0.1, 0.15) is 0 Å². The predicted molar refractivity (Wildman–Crippen MR) is 95.4 cm³/mol. The van der Waals surface area contributed by atoms with Crippen molar-refractivity contribution in [1.82, 2.24) is 19.9 Å². The molecular weight excluding hydrogens is 346 g/mol. The molecule has 0 saturated heterocycles. The van der Waals surface area contributed by atoms with Gasteiger partial charge in [0, 0.05) is 16.0 Å². The number of nitrogen functional groups attached to an aromatic ring is 1. The van der Waals surface area contributed by atoms with Gasteiger partial charge >= 0.3 is 0 Å². The number of hydrogen-bond donors (Lipinski definition) is 1. The van der Waals surface area contributed by atoms with Gasteiger partial charge in [-0.3, -0.25) is 0 Å². The fourth-order valence-corrected chi connectivity index (χ4v) is 3.07. The number of thioether (sulfide) groups is 1. The first kappa shape index (κ1) is 16.9. The molecule has 3 rings (SSSR count). The number of oxazole rings is 1. The second kappa shape index (κ2) is 6.49. The van der Waals surface area contributed by atoms with E-state index < -0.39 is 0 Å². The Hall–Kier alpha value is -1.99. The molecule has 0 radical (unpaired) electrons. The number of halogens is 1. The molecule has 2 aromatic heterocycles. The molecule has 0 aliphatic heterocycles. The quantitative estimate of drug-likeness (QED) is 0.559. The summed E-state index contributed by atoms with van der Waals surface area (Å²) < 4.78 is 7.29. The largest absolute Gasteiger partial charge is 0.440 e. The van der Waals surface area contributed by atoms with Crippen LogP contribution in [0.5, 0.6) is 0 Å². The summed E-state index contributed by atoms with van der Waals surface area (Å²) in [5, 5.41) is 9.59. The minimum absolute atomic E-state index is 0.163. The average Bonchev–Trinajstić information content (AvgIpc) is 3.11. The van der Waals surface area contributed by atoms with Crippen molar-refractivity contribution in [2.45, 2.75) is 37.1 Å². The van der Waals surface area contributed by atoms with Crippen molar-refractivity contribution in [2.75, 3.05) is 5.84 Å². The van der Waals surface area contributed by atoms with Crippen LogP contribution < -0.4 is 5.84 Å². The van der Waals surface area contributed by atoms with Crippen molar-refractivity contribution in [3.8, 4) is 11.3 Å². The second-order valence-electron chi connectivity index (χ2n) is 6.34. The van der Waals surface area contributed by atoms with E-state index in [9.17, 15) is 0 Å². The summed E-state index contributed by atoms with van der Waals surface area (Å²) in [6.07, 6.45) is 1.69. The van der Waals surface area contributed by atoms with E-state index >= 15 is 0 Å². The van der Waals surface area contributed by atoms with E-state index in [1.54, 1.807) is 6.20 Å². The summed E-state index contributed by atoms with van der Waals surface area (Å²) in [7, 11) is 0. The van der Waals surface area contributed by atoms with E-state index in [1.165, 1.54) is 16.4 Å². The van der Waals surface area contributed by atoms with Gasteiger partial charge in [-0.05, 0) is 12.1 Å². The van der Waals surface area contributed by atoms with Crippen molar-refractivity contribution in [3.05, 3.63) is 47.2 Å². The highest BCUT2D eigenvalue weighted by molar-refractivity contribution is 7.98. The molecule has 0 spiro atoms. The van der Waals surface area contributed by atoms with E-state index in [0.717, 1.165) is 11.4 Å². The van der Waals surface area contributed by atoms with Crippen molar-refractivity contribution >= 4 is 23.4 Å². The summed E-state index contributed by atoms with van der Waals surface area (Å²) >= 11 is 7.43. The van der Waals surface area contributed by atoms with Gasteiger partial charge in [-0.2, -0.15) is 0 Å². The highest BCUT2D eigenvalue weighted by Crippen LogP contribution is 2.28. The highest BCUT2D eigenvalue weighted by Gasteiger charge is 2.23. The Labute approximate surface area is 149 Å². The van der Waals surface area contributed by atoms with Crippen molar-refractivity contribution in [1.29, 1.82) is 0 Å². The Bertz CT molecular complexity index is 852. The van der Waals surface area contributed by atoms with E-state index in [0.29, 0.717) is 27.6 Å². The molecule has 3 aromatic rings. The van der Waals surface area contributed by atoms with Crippen LogP contribution in [0.15, 0.2) is 40.0 Å². The molecular formula is C16H18ClN5OS. The third-order valence-corrected chi connectivity index (χ3v) is 4.49. The molecule has 6 nitrogen and oxygen atoms in total. The van der Waals surface area contributed by atoms with Crippen molar-refractivity contribution < 1.29 is 4.42 Å². The standard InChI is InChI=1S/C16H18ClN5OS/c1-16(2,3)14-20-21-15(22(14)18)24-9-13-19-8-12(23-13)10-5-4-6-11(17)7-10/h4-8H,9,18H2,1-3H3. The first-order valence-corrected chi connectivity index (χ1v) is 8.75. The van der Waals surface area contributed by atoms with Crippen LogP contribution in [0.1, 0.15) is 32.5 Å². The number of aromatic nitrogens is 4. The lowest BCUT2D eigenvalue weighted by molar-refractivity contribution is 0.522. The smallest absolute Gasteiger partial charge is 0.210 e. The molecule has 0 bridgehead atoms. The SMILES string of the molecule is CC(C)(C)c1nnc(SCc2ncc(-c3cccc(Cl)c3)o2)n1N. The van der Waals surface area contributed by atoms with Gasteiger partial charge in [-0.15, -0.1) is 10.2 Å². The Morgan fingerprint density at radius 3 is 2.75 bits per heavy atom. The Balaban J connectivity index is 1.71. The summed E-state index contributed by atoms with van der Waals surface area (Å²) in [5.74, 6) is 8.59. The molecule has 0 unspecified atom stereocenters. The van der Waals surface area contributed by atoms with Gasteiger partial charge in [-0.25, -0.2) is 9.66 Å². The maximum Gasteiger partial charge on any atom is 0.210 e. The minimum Gasteiger partial charge on any atom is -0.440 e. The molecule has 2 heterocycles. The van der Waals surface area contributed by atoms with Crippen LogP contribution in [0.2, 0.25) is 5.02 Å². The van der Waals surface area contributed by atoms with Crippen LogP contribution in [0.25, 0.3) is 11.3 Å². The predicted octanol–water partition coefficient (Wildman–Crippen LogP) is 3.89.